The summed E-state index contributed by atoms with van der Waals surface area (Å²) in [7, 11) is 0. The minimum absolute atomic E-state index is 0.0232. The van der Waals surface area contributed by atoms with Gasteiger partial charge in [-0.2, -0.15) is 0 Å². The van der Waals surface area contributed by atoms with Gasteiger partial charge >= 0.3 is 0 Å². The van der Waals surface area contributed by atoms with E-state index in [1.807, 2.05) is 43.3 Å². The number of hydrogen-bond acceptors (Lipinski definition) is 1. The minimum atomic E-state index is 0.0232. The third-order valence-corrected chi connectivity index (χ3v) is 3.50. The van der Waals surface area contributed by atoms with Crippen LogP contribution in [0.3, 0.4) is 0 Å². The van der Waals surface area contributed by atoms with Gasteiger partial charge in [-0.1, -0.05) is 41.9 Å². The van der Waals surface area contributed by atoms with E-state index in [9.17, 15) is 4.79 Å². The van der Waals surface area contributed by atoms with Crippen molar-refractivity contribution in [2.45, 2.75) is 6.92 Å². The number of aromatic nitrogens is 1. The maximum absolute atomic E-state index is 12.4. The van der Waals surface area contributed by atoms with Crippen molar-refractivity contribution in [3.05, 3.63) is 69.3 Å². The van der Waals surface area contributed by atoms with Gasteiger partial charge in [0.25, 0.3) is 0 Å². The van der Waals surface area contributed by atoms with Crippen LogP contribution in [-0.2, 0) is 0 Å². The Bertz CT molecular complexity index is 806. The number of pyridine rings is 1. The number of H-pyrrole nitrogens is 1. The molecule has 0 saturated carbocycles. The summed E-state index contributed by atoms with van der Waals surface area (Å²) in [5, 5.41) is 1.20. The molecule has 1 N–H and O–H groups in total. The Labute approximate surface area is 115 Å². The molecule has 0 bridgehead atoms. The van der Waals surface area contributed by atoms with Crippen LogP contribution in [0.2, 0.25) is 5.02 Å². The van der Waals surface area contributed by atoms with Crippen LogP contribution in [0, 0.1) is 6.92 Å². The van der Waals surface area contributed by atoms with E-state index in [2.05, 4.69) is 4.98 Å². The number of rotatable bonds is 1. The van der Waals surface area contributed by atoms with E-state index in [1.165, 1.54) is 0 Å². The molecule has 0 radical (unpaired) electrons. The van der Waals surface area contributed by atoms with Crippen molar-refractivity contribution in [1.29, 1.82) is 0 Å². The van der Waals surface area contributed by atoms with Gasteiger partial charge in [0.05, 0.1) is 5.69 Å². The van der Waals surface area contributed by atoms with Crippen molar-refractivity contribution in [1.82, 2.24) is 4.98 Å². The van der Waals surface area contributed by atoms with Crippen LogP contribution in [0.1, 0.15) is 5.56 Å². The number of halogens is 1. The standard InChI is InChI=1S/C16H12ClNO/c1-10-15(11-5-3-2-4-6-11)18-14-8-7-12(17)9-13(14)16(10)19/h2-9H,1H3,(H,18,19). The third-order valence-electron chi connectivity index (χ3n) is 3.26. The fraction of sp³-hybridized carbons (Fsp3) is 0.0625. The first-order chi connectivity index (χ1) is 9.16. The lowest BCUT2D eigenvalue weighted by molar-refractivity contribution is 1.30. The Morgan fingerprint density at radius 3 is 2.53 bits per heavy atom. The Balaban J connectivity index is 2.37. The molecule has 3 rings (SSSR count). The summed E-state index contributed by atoms with van der Waals surface area (Å²) in [4.78, 5) is 15.7. The molecule has 0 spiro atoms. The minimum Gasteiger partial charge on any atom is -0.354 e. The molecule has 0 saturated heterocycles. The zero-order valence-corrected chi connectivity index (χ0v) is 11.2. The van der Waals surface area contributed by atoms with E-state index in [0.29, 0.717) is 16.0 Å². The molecule has 0 amide bonds. The van der Waals surface area contributed by atoms with Crippen LogP contribution in [0.15, 0.2) is 53.3 Å². The predicted octanol–water partition coefficient (Wildman–Crippen LogP) is 4.16. The molecule has 2 nitrogen and oxygen atoms in total. The van der Waals surface area contributed by atoms with Gasteiger partial charge in [0.15, 0.2) is 5.43 Å². The zero-order valence-electron chi connectivity index (χ0n) is 10.4. The molecule has 94 valence electrons. The van der Waals surface area contributed by atoms with Crippen molar-refractivity contribution in [3.63, 3.8) is 0 Å². The highest BCUT2D eigenvalue weighted by molar-refractivity contribution is 6.31. The topological polar surface area (TPSA) is 32.9 Å². The van der Waals surface area contributed by atoms with E-state index >= 15 is 0 Å². The van der Waals surface area contributed by atoms with Gasteiger partial charge in [-0.3, -0.25) is 4.79 Å². The number of benzene rings is 2. The fourth-order valence-electron chi connectivity index (χ4n) is 2.25. The molecule has 0 fully saturated rings. The molecule has 3 heteroatoms. The molecule has 2 aromatic carbocycles. The zero-order chi connectivity index (χ0) is 13.4. The van der Waals surface area contributed by atoms with Crippen molar-refractivity contribution in [2.24, 2.45) is 0 Å². The molecule has 3 aromatic rings. The van der Waals surface area contributed by atoms with E-state index in [-0.39, 0.29) is 5.43 Å². The molecule has 0 aliphatic carbocycles. The number of aromatic amines is 1. The highest BCUT2D eigenvalue weighted by Gasteiger charge is 2.09. The molecule has 1 aromatic heterocycles. The molecular weight excluding hydrogens is 258 g/mol. The average molecular weight is 270 g/mol. The van der Waals surface area contributed by atoms with E-state index in [1.54, 1.807) is 12.1 Å². The number of nitrogens with one attached hydrogen (secondary N) is 1. The molecule has 0 unspecified atom stereocenters. The second-order valence-electron chi connectivity index (χ2n) is 4.51. The Hall–Kier alpha value is -2.06. The van der Waals surface area contributed by atoms with Crippen LogP contribution in [0.4, 0.5) is 0 Å². The lowest BCUT2D eigenvalue weighted by Crippen LogP contribution is -2.09. The summed E-state index contributed by atoms with van der Waals surface area (Å²) < 4.78 is 0. The molecule has 0 aliphatic rings. The summed E-state index contributed by atoms with van der Waals surface area (Å²) in [5.74, 6) is 0. The molecular formula is C16H12ClNO. The molecule has 19 heavy (non-hydrogen) atoms. The lowest BCUT2D eigenvalue weighted by atomic mass is 10.0. The monoisotopic (exact) mass is 269 g/mol. The van der Waals surface area contributed by atoms with Gasteiger partial charge in [-0.05, 0) is 30.7 Å². The first-order valence-corrected chi connectivity index (χ1v) is 6.42. The van der Waals surface area contributed by atoms with E-state index in [0.717, 1.165) is 16.8 Å². The van der Waals surface area contributed by atoms with Crippen LogP contribution in [0.25, 0.3) is 22.2 Å². The van der Waals surface area contributed by atoms with Crippen molar-refractivity contribution in [2.75, 3.05) is 0 Å². The Kier molecular flexibility index (Phi) is 2.88. The highest BCUT2D eigenvalue weighted by atomic mass is 35.5. The van der Waals surface area contributed by atoms with E-state index in [4.69, 9.17) is 11.6 Å². The maximum atomic E-state index is 12.4. The summed E-state index contributed by atoms with van der Waals surface area (Å²) in [6.45, 7) is 1.83. The van der Waals surface area contributed by atoms with Crippen molar-refractivity contribution >= 4 is 22.5 Å². The molecule has 0 atom stereocenters. The Morgan fingerprint density at radius 1 is 1.05 bits per heavy atom. The molecule has 0 aliphatic heterocycles. The van der Waals surface area contributed by atoms with Crippen molar-refractivity contribution in [3.8, 4) is 11.3 Å². The second kappa shape index (κ2) is 4.56. The van der Waals surface area contributed by atoms with E-state index < -0.39 is 0 Å². The van der Waals surface area contributed by atoms with Crippen LogP contribution >= 0.6 is 11.6 Å². The first kappa shape index (κ1) is 12.0. The van der Waals surface area contributed by atoms with Crippen LogP contribution in [-0.4, -0.2) is 4.98 Å². The average Bonchev–Trinajstić information content (AvgIpc) is 2.44. The maximum Gasteiger partial charge on any atom is 0.192 e. The number of hydrogen-bond donors (Lipinski definition) is 1. The van der Waals surface area contributed by atoms with Gasteiger partial charge < -0.3 is 4.98 Å². The van der Waals surface area contributed by atoms with Gasteiger partial charge in [0, 0.05) is 21.5 Å². The Morgan fingerprint density at radius 2 is 1.79 bits per heavy atom. The van der Waals surface area contributed by atoms with Gasteiger partial charge in [0.1, 0.15) is 0 Å². The largest absolute Gasteiger partial charge is 0.354 e. The lowest BCUT2D eigenvalue weighted by Gasteiger charge is -2.08. The second-order valence-corrected chi connectivity index (χ2v) is 4.95. The summed E-state index contributed by atoms with van der Waals surface area (Å²) in [6, 6.07) is 15.2. The fourth-order valence-corrected chi connectivity index (χ4v) is 2.42. The summed E-state index contributed by atoms with van der Waals surface area (Å²) in [5.41, 5.74) is 3.41. The normalized spacial score (nSPS) is 10.8. The predicted molar refractivity (Wildman–Crippen MR) is 79.8 cm³/mol. The summed E-state index contributed by atoms with van der Waals surface area (Å²) in [6.07, 6.45) is 0. The first-order valence-electron chi connectivity index (χ1n) is 6.04. The van der Waals surface area contributed by atoms with Gasteiger partial charge in [0.2, 0.25) is 0 Å². The number of fused-ring (bicyclic) bond motifs is 1. The quantitative estimate of drug-likeness (QED) is 0.707. The highest BCUT2D eigenvalue weighted by Crippen LogP contribution is 2.23. The van der Waals surface area contributed by atoms with Crippen molar-refractivity contribution < 1.29 is 0 Å². The van der Waals surface area contributed by atoms with Crippen LogP contribution in [0.5, 0.6) is 0 Å². The third kappa shape index (κ3) is 2.04. The van der Waals surface area contributed by atoms with Crippen LogP contribution < -0.4 is 5.43 Å². The smallest absolute Gasteiger partial charge is 0.192 e. The van der Waals surface area contributed by atoms with Gasteiger partial charge in [-0.15, -0.1) is 0 Å². The summed E-state index contributed by atoms with van der Waals surface area (Å²) >= 11 is 5.95. The SMILES string of the molecule is Cc1c(-c2ccccc2)[nH]c2ccc(Cl)cc2c1=O. The molecule has 1 heterocycles. The van der Waals surface area contributed by atoms with Gasteiger partial charge in [-0.25, -0.2) is 0 Å².